The van der Waals surface area contributed by atoms with E-state index in [9.17, 15) is 4.79 Å². The second-order valence-electron chi connectivity index (χ2n) is 6.42. The summed E-state index contributed by atoms with van der Waals surface area (Å²) in [4.78, 5) is 16.6. The lowest BCUT2D eigenvalue weighted by Gasteiger charge is -2.18. The van der Waals surface area contributed by atoms with Gasteiger partial charge in [-0.2, -0.15) is 0 Å². The molecule has 0 bridgehead atoms. The third-order valence-electron chi connectivity index (χ3n) is 4.63. The molecule has 0 atom stereocenters. The summed E-state index contributed by atoms with van der Waals surface area (Å²) >= 11 is 0. The molecule has 4 nitrogen and oxygen atoms in total. The Morgan fingerprint density at radius 2 is 1.59 bits per heavy atom. The fourth-order valence-electron chi connectivity index (χ4n) is 3.30. The third-order valence-corrected chi connectivity index (χ3v) is 4.63. The lowest BCUT2D eigenvalue weighted by molar-refractivity contribution is 0.0927. The Balaban J connectivity index is 1.45. The molecule has 2 aromatic heterocycles. The van der Waals surface area contributed by atoms with E-state index in [0.717, 1.165) is 6.42 Å². The molecule has 4 heteroatoms. The maximum Gasteiger partial charge on any atom is 0.287 e. The zero-order chi connectivity index (χ0) is 18.5. The molecule has 0 aliphatic carbocycles. The van der Waals surface area contributed by atoms with Crippen LogP contribution in [0.25, 0.3) is 11.1 Å². The second-order valence-corrected chi connectivity index (χ2v) is 6.42. The first-order chi connectivity index (χ1) is 13.3. The molecule has 4 aromatic rings. The number of aromatic nitrogens is 1. The van der Waals surface area contributed by atoms with E-state index in [1.165, 1.54) is 11.1 Å². The number of carbonyl (C=O) groups is 1. The normalized spacial score (nSPS) is 11.0. The van der Waals surface area contributed by atoms with Crippen LogP contribution < -0.4 is 5.32 Å². The Morgan fingerprint density at radius 3 is 2.22 bits per heavy atom. The average molecular weight is 356 g/mol. The Labute approximate surface area is 157 Å². The lowest BCUT2D eigenvalue weighted by atomic mass is 9.88. The Bertz CT molecular complexity index is 953. The number of benzene rings is 2. The zero-order valence-corrected chi connectivity index (χ0v) is 14.8. The molecule has 0 spiro atoms. The number of nitrogens with zero attached hydrogens (tertiary/aromatic N) is 1. The van der Waals surface area contributed by atoms with Crippen LogP contribution in [-0.2, 0) is 0 Å². The molecule has 0 aliphatic heterocycles. The highest BCUT2D eigenvalue weighted by Crippen LogP contribution is 2.27. The number of pyridine rings is 1. The molecule has 0 aliphatic rings. The van der Waals surface area contributed by atoms with Gasteiger partial charge in [-0.1, -0.05) is 60.7 Å². The summed E-state index contributed by atoms with van der Waals surface area (Å²) in [6.45, 7) is 0.553. The van der Waals surface area contributed by atoms with Crippen LogP contribution in [0.5, 0.6) is 0 Å². The Kier molecular flexibility index (Phi) is 4.97. The van der Waals surface area contributed by atoms with Gasteiger partial charge in [0, 0.05) is 24.7 Å². The highest BCUT2D eigenvalue weighted by atomic mass is 16.3. The molecule has 0 radical (unpaired) electrons. The molecule has 0 unspecified atom stereocenters. The van der Waals surface area contributed by atoms with Gasteiger partial charge in [0.2, 0.25) is 0 Å². The van der Waals surface area contributed by atoms with Crippen molar-refractivity contribution in [2.45, 2.75) is 12.3 Å². The summed E-state index contributed by atoms with van der Waals surface area (Å²) in [6, 6.07) is 26.0. The number of fused-ring (bicyclic) bond motifs is 1. The molecule has 2 aromatic carbocycles. The van der Waals surface area contributed by atoms with Crippen molar-refractivity contribution in [3.05, 3.63) is 102 Å². The SMILES string of the molecule is O=C(NCCC(c1ccccc1)c1ccccc1)c1cc2ncccc2o1. The van der Waals surface area contributed by atoms with Crippen LogP contribution in [0.3, 0.4) is 0 Å². The highest BCUT2D eigenvalue weighted by molar-refractivity contribution is 5.95. The topological polar surface area (TPSA) is 55.1 Å². The van der Waals surface area contributed by atoms with Crippen LogP contribution >= 0.6 is 0 Å². The van der Waals surface area contributed by atoms with Gasteiger partial charge in [0.1, 0.15) is 5.52 Å². The first kappa shape index (κ1) is 17.0. The predicted octanol–water partition coefficient (Wildman–Crippen LogP) is 4.78. The third kappa shape index (κ3) is 3.90. The van der Waals surface area contributed by atoms with Crippen LogP contribution in [0, 0.1) is 0 Å². The van der Waals surface area contributed by atoms with Crippen molar-refractivity contribution in [2.24, 2.45) is 0 Å². The predicted molar refractivity (Wildman–Crippen MR) is 106 cm³/mol. The van der Waals surface area contributed by atoms with Crippen molar-refractivity contribution in [2.75, 3.05) is 6.54 Å². The van der Waals surface area contributed by atoms with E-state index in [0.29, 0.717) is 23.4 Å². The van der Waals surface area contributed by atoms with E-state index in [1.54, 1.807) is 24.4 Å². The van der Waals surface area contributed by atoms with Crippen LogP contribution in [0.15, 0.2) is 89.5 Å². The van der Waals surface area contributed by atoms with E-state index < -0.39 is 0 Å². The van der Waals surface area contributed by atoms with Gasteiger partial charge in [-0.05, 0) is 29.7 Å². The van der Waals surface area contributed by atoms with E-state index in [2.05, 4.69) is 34.6 Å². The molecule has 0 saturated heterocycles. The van der Waals surface area contributed by atoms with Gasteiger partial charge < -0.3 is 9.73 Å². The van der Waals surface area contributed by atoms with Crippen molar-refractivity contribution >= 4 is 17.0 Å². The van der Waals surface area contributed by atoms with Crippen LogP contribution in [-0.4, -0.2) is 17.4 Å². The standard InChI is InChI=1S/C23H20N2O2/c26-23(22-16-20-21(27-22)12-7-14-24-20)25-15-13-19(17-8-3-1-4-9-17)18-10-5-2-6-11-18/h1-12,14,16,19H,13,15H2,(H,25,26). The molecule has 2 heterocycles. The molecule has 4 rings (SSSR count). The zero-order valence-electron chi connectivity index (χ0n) is 14.8. The Hall–Kier alpha value is -3.40. The van der Waals surface area contributed by atoms with Crippen molar-refractivity contribution in [3.63, 3.8) is 0 Å². The average Bonchev–Trinajstić information content (AvgIpc) is 3.17. The minimum atomic E-state index is -0.215. The highest BCUT2D eigenvalue weighted by Gasteiger charge is 2.16. The first-order valence-corrected chi connectivity index (χ1v) is 9.04. The van der Waals surface area contributed by atoms with Gasteiger partial charge in [-0.25, -0.2) is 0 Å². The van der Waals surface area contributed by atoms with E-state index >= 15 is 0 Å². The van der Waals surface area contributed by atoms with E-state index in [4.69, 9.17) is 4.42 Å². The lowest BCUT2D eigenvalue weighted by Crippen LogP contribution is -2.25. The summed E-state index contributed by atoms with van der Waals surface area (Å²) in [6.07, 6.45) is 2.49. The molecule has 27 heavy (non-hydrogen) atoms. The smallest absolute Gasteiger partial charge is 0.287 e. The summed E-state index contributed by atoms with van der Waals surface area (Å²) in [7, 11) is 0. The van der Waals surface area contributed by atoms with Crippen LogP contribution in [0.2, 0.25) is 0 Å². The minimum absolute atomic E-state index is 0.215. The molecule has 0 saturated carbocycles. The van der Waals surface area contributed by atoms with Crippen LogP contribution in [0.1, 0.15) is 34.0 Å². The summed E-state index contributed by atoms with van der Waals surface area (Å²) in [5.74, 6) is 0.303. The number of hydrogen-bond donors (Lipinski definition) is 1. The molecular formula is C23H20N2O2. The molecule has 1 amide bonds. The summed E-state index contributed by atoms with van der Waals surface area (Å²) in [5.41, 5.74) is 3.79. The van der Waals surface area contributed by atoms with Gasteiger partial charge >= 0.3 is 0 Å². The van der Waals surface area contributed by atoms with Crippen molar-refractivity contribution in [1.82, 2.24) is 10.3 Å². The number of carbonyl (C=O) groups excluding carboxylic acids is 1. The van der Waals surface area contributed by atoms with Gasteiger partial charge in [-0.3, -0.25) is 9.78 Å². The maximum atomic E-state index is 12.4. The Morgan fingerprint density at radius 1 is 0.926 bits per heavy atom. The van der Waals surface area contributed by atoms with Crippen LogP contribution in [0.4, 0.5) is 0 Å². The summed E-state index contributed by atoms with van der Waals surface area (Å²) < 4.78 is 5.58. The number of rotatable bonds is 6. The second kappa shape index (κ2) is 7.87. The molecule has 134 valence electrons. The number of furan rings is 1. The van der Waals surface area contributed by atoms with Gasteiger partial charge in [0.15, 0.2) is 11.3 Å². The quantitative estimate of drug-likeness (QED) is 0.541. The van der Waals surface area contributed by atoms with Gasteiger partial charge in [0.05, 0.1) is 0 Å². The molecule has 1 N–H and O–H groups in total. The monoisotopic (exact) mass is 356 g/mol. The fraction of sp³-hybridized carbons (Fsp3) is 0.130. The molecule has 0 fully saturated rings. The minimum Gasteiger partial charge on any atom is -0.449 e. The number of nitrogens with one attached hydrogen (secondary N) is 1. The van der Waals surface area contributed by atoms with E-state index in [-0.39, 0.29) is 11.8 Å². The maximum absolute atomic E-state index is 12.4. The van der Waals surface area contributed by atoms with E-state index in [1.807, 2.05) is 36.4 Å². The van der Waals surface area contributed by atoms with Gasteiger partial charge in [0.25, 0.3) is 5.91 Å². The van der Waals surface area contributed by atoms with Gasteiger partial charge in [-0.15, -0.1) is 0 Å². The number of amides is 1. The largest absolute Gasteiger partial charge is 0.449 e. The first-order valence-electron chi connectivity index (χ1n) is 9.04. The van der Waals surface area contributed by atoms with Crippen molar-refractivity contribution in [3.8, 4) is 0 Å². The van der Waals surface area contributed by atoms with Crippen molar-refractivity contribution in [1.29, 1.82) is 0 Å². The molecular weight excluding hydrogens is 336 g/mol. The fourth-order valence-corrected chi connectivity index (χ4v) is 3.30. The van der Waals surface area contributed by atoms with Crippen molar-refractivity contribution < 1.29 is 9.21 Å². The summed E-state index contributed by atoms with van der Waals surface area (Å²) in [5, 5.41) is 2.97. The number of hydrogen-bond acceptors (Lipinski definition) is 3.